The predicted octanol–water partition coefficient (Wildman–Crippen LogP) is 2.63. The normalized spacial score (nSPS) is 10.3. The molecule has 0 unspecified atom stereocenters. The molecule has 0 saturated heterocycles. The molecule has 6 heteroatoms. The van der Waals surface area contributed by atoms with E-state index in [0.29, 0.717) is 17.5 Å². The van der Waals surface area contributed by atoms with E-state index in [0.717, 1.165) is 24.4 Å². The van der Waals surface area contributed by atoms with E-state index in [1.165, 1.54) is 0 Å². The lowest BCUT2D eigenvalue weighted by Gasteiger charge is -2.22. The molecule has 1 aromatic heterocycles. The lowest BCUT2D eigenvalue weighted by Crippen LogP contribution is -2.22. The molecule has 0 atom stereocenters. The van der Waals surface area contributed by atoms with Crippen LogP contribution >= 0.6 is 11.6 Å². The van der Waals surface area contributed by atoms with Crippen molar-refractivity contribution in [3.05, 3.63) is 41.7 Å². The number of ether oxygens (including phenoxy) is 1. The number of halogens is 1. The second-order valence-corrected chi connectivity index (χ2v) is 4.63. The van der Waals surface area contributed by atoms with E-state index in [1.54, 1.807) is 19.5 Å². The molecule has 0 aliphatic rings. The van der Waals surface area contributed by atoms with Crippen LogP contribution in [0.1, 0.15) is 6.42 Å². The van der Waals surface area contributed by atoms with Gasteiger partial charge in [-0.3, -0.25) is 0 Å². The summed E-state index contributed by atoms with van der Waals surface area (Å²) in [5.41, 5.74) is 6.58. The monoisotopic (exact) mass is 292 g/mol. The Morgan fingerprint density at radius 1 is 1.20 bits per heavy atom. The Kier molecular flexibility index (Phi) is 5.15. The molecule has 2 aromatic rings. The largest absolute Gasteiger partial charge is 0.497 e. The van der Waals surface area contributed by atoms with Gasteiger partial charge >= 0.3 is 0 Å². The maximum atomic E-state index is 5.83. The molecule has 2 N–H and O–H groups in total. The topological polar surface area (TPSA) is 64.3 Å². The fourth-order valence-electron chi connectivity index (χ4n) is 1.80. The number of nitrogens with two attached hydrogens (primary N) is 1. The van der Waals surface area contributed by atoms with E-state index in [4.69, 9.17) is 22.1 Å². The minimum atomic E-state index is 0.516. The van der Waals surface area contributed by atoms with Gasteiger partial charge in [-0.2, -0.15) is 0 Å². The highest BCUT2D eigenvalue weighted by Crippen LogP contribution is 2.25. The van der Waals surface area contributed by atoms with Crippen LogP contribution in [-0.2, 0) is 0 Å². The Hall–Kier alpha value is -1.85. The van der Waals surface area contributed by atoms with Crippen molar-refractivity contribution < 1.29 is 4.74 Å². The standard InChI is InChI=1S/C14H17ClN4O/c1-20-13-5-3-12(4-6-13)19(8-2-7-16)14-17-9-11(15)10-18-14/h3-6,9-10H,2,7-8,16H2,1H3. The zero-order chi connectivity index (χ0) is 14.4. The Balaban J connectivity index is 2.27. The fraction of sp³-hybridized carbons (Fsp3) is 0.286. The highest BCUT2D eigenvalue weighted by molar-refractivity contribution is 6.30. The fourth-order valence-corrected chi connectivity index (χ4v) is 1.90. The van der Waals surface area contributed by atoms with Crippen molar-refractivity contribution in [2.45, 2.75) is 6.42 Å². The highest BCUT2D eigenvalue weighted by atomic mass is 35.5. The van der Waals surface area contributed by atoms with E-state index in [-0.39, 0.29) is 0 Å². The highest BCUT2D eigenvalue weighted by Gasteiger charge is 2.11. The van der Waals surface area contributed by atoms with Crippen LogP contribution in [0.4, 0.5) is 11.6 Å². The van der Waals surface area contributed by atoms with Crippen LogP contribution in [0.3, 0.4) is 0 Å². The van der Waals surface area contributed by atoms with Crippen molar-refractivity contribution >= 4 is 23.2 Å². The summed E-state index contributed by atoms with van der Waals surface area (Å²) in [6.45, 7) is 1.35. The summed E-state index contributed by atoms with van der Waals surface area (Å²) < 4.78 is 5.16. The van der Waals surface area contributed by atoms with E-state index >= 15 is 0 Å². The van der Waals surface area contributed by atoms with Gasteiger partial charge < -0.3 is 15.4 Å². The summed E-state index contributed by atoms with van der Waals surface area (Å²) in [5.74, 6) is 1.41. The van der Waals surface area contributed by atoms with Crippen LogP contribution in [0.25, 0.3) is 0 Å². The molecule has 20 heavy (non-hydrogen) atoms. The average molecular weight is 293 g/mol. The van der Waals surface area contributed by atoms with Crippen LogP contribution in [0, 0.1) is 0 Å². The van der Waals surface area contributed by atoms with E-state index < -0.39 is 0 Å². The van der Waals surface area contributed by atoms with Crippen molar-refractivity contribution in [2.24, 2.45) is 5.73 Å². The molecule has 0 bridgehead atoms. The summed E-state index contributed by atoms with van der Waals surface area (Å²) in [5, 5.41) is 0.516. The Morgan fingerprint density at radius 3 is 2.40 bits per heavy atom. The first kappa shape index (κ1) is 14.6. The SMILES string of the molecule is COc1ccc(N(CCCN)c2ncc(Cl)cn2)cc1. The average Bonchev–Trinajstić information content (AvgIpc) is 2.50. The zero-order valence-electron chi connectivity index (χ0n) is 11.3. The lowest BCUT2D eigenvalue weighted by atomic mass is 10.2. The second-order valence-electron chi connectivity index (χ2n) is 4.19. The molecule has 0 spiro atoms. The minimum absolute atomic E-state index is 0.516. The van der Waals surface area contributed by atoms with Gasteiger partial charge in [-0.15, -0.1) is 0 Å². The van der Waals surface area contributed by atoms with Gasteiger partial charge in [0, 0.05) is 12.2 Å². The molecule has 1 heterocycles. The molecule has 0 saturated carbocycles. The molecule has 0 aliphatic heterocycles. The van der Waals surface area contributed by atoms with Crippen LogP contribution < -0.4 is 15.4 Å². The van der Waals surface area contributed by atoms with Gasteiger partial charge in [-0.25, -0.2) is 9.97 Å². The summed E-state index contributed by atoms with van der Waals surface area (Å²) in [4.78, 5) is 10.5. The first-order chi connectivity index (χ1) is 9.74. The molecule has 1 aromatic carbocycles. The van der Waals surface area contributed by atoms with Crippen LogP contribution in [0.5, 0.6) is 5.75 Å². The van der Waals surface area contributed by atoms with Crippen molar-refractivity contribution in [1.29, 1.82) is 0 Å². The Morgan fingerprint density at radius 2 is 1.85 bits per heavy atom. The molecular formula is C14H17ClN4O. The summed E-state index contributed by atoms with van der Waals surface area (Å²) in [6.07, 6.45) is 4.02. The van der Waals surface area contributed by atoms with Crippen LogP contribution in [-0.4, -0.2) is 30.2 Å². The zero-order valence-corrected chi connectivity index (χ0v) is 12.0. The van der Waals surface area contributed by atoms with Crippen LogP contribution in [0.15, 0.2) is 36.7 Å². The quantitative estimate of drug-likeness (QED) is 0.886. The maximum Gasteiger partial charge on any atom is 0.229 e. The summed E-state index contributed by atoms with van der Waals surface area (Å²) >= 11 is 5.83. The van der Waals surface area contributed by atoms with E-state index in [1.807, 2.05) is 29.2 Å². The van der Waals surface area contributed by atoms with Crippen LogP contribution in [0.2, 0.25) is 5.02 Å². The molecule has 5 nitrogen and oxygen atoms in total. The lowest BCUT2D eigenvalue weighted by molar-refractivity contribution is 0.415. The Labute approximate surface area is 123 Å². The molecule has 0 aliphatic carbocycles. The summed E-state index contributed by atoms with van der Waals surface area (Å²) in [7, 11) is 1.64. The second kappa shape index (κ2) is 7.07. The third kappa shape index (κ3) is 3.59. The first-order valence-electron chi connectivity index (χ1n) is 6.34. The van der Waals surface area contributed by atoms with Gasteiger partial charge in [0.15, 0.2) is 0 Å². The maximum absolute atomic E-state index is 5.83. The van der Waals surface area contributed by atoms with Crippen molar-refractivity contribution in [1.82, 2.24) is 9.97 Å². The Bertz CT molecular complexity index is 530. The van der Waals surface area contributed by atoms with Gasteiger partial charge in [-0.05, 0) is 37.2 Å². The van der Waals surface area contributed by atoms with E-state index in [2.05, 4.69) is 9.97 Å². The van der Waals surface area contributed by atoms with Gasteiger partial charge in [0.1, 0.15) is 5.75 Å². The van der Waals surface area contributed by atoms with Crippen molar-refractivity contribution in [3.8, 4) is 5.75 Å². The number of hydrogen-bond donors (Lipinski definition) is 1. The van der Waals surface area contributed by atoms with Gasteiger partial charge in [-0.1, -0.05) is 11.6 Å². The van der Waals surface area contributed by atoms with Gasteiger partial charge in [0.05, 0.1) is 24.5 Å². The smallest absolute Gasteiger partial charge is 0.229 e. The third-order valence-electron chi connectivity index (χ3n) is 2.82. The predicted molar refractivity (Wildman–Crippen MR) is 80.7 cm³/mol. The molecule has 106 valence electrons. The van der Waals surface area contributed by atoms with Gasteiger partial charge in [0.2, 0.25) is 5.95 Å². The number of methoxy groups -OCH3 is 1. The molecule has 0 amide bonds. The number of benzene rings is 1. The number of anilines is 2. The van der Waals surface area contributed by atoms with Gasteiger partial charge in [0.25, 0.3) is 0 Å². The van der Waals surface area contributed by atoms with Crippen molar-refractivity contribution in [2.75, 3.05) is 25.1 Å². The summed E-state index contributed by atoms with van der Waals surface area (Å²) in [6, 6.07) is 7.74. The number of rotatable bonds is 6. The molecular weight excluding hydrogens is 276 g/mol. The number of nitrogens with zero attached hydrogens (tertiary/aromatic N) is 3. The van der Waals surface area contributed by atoms with Crippen molar-refractivity contribution in [3.63, 3.8) is 0 Å². The third-order valence-corrected chi connectivity index (χ3v) is 3.01. The molecule has 0 radical (unpaired) electrons. The first-order valence-corrected chi connectivity index (χ1v) is 6.71. The number of hydrogen-bond acceptors (Lipinski definition) is 5. The molecule has 2 rings (SSSR count). The minimum Gasteiger partial charge on any atom is -0.497 e. The van der Waals surface area contributed by atoms with E-state index in [9.17, 15) is 0 Å². The number of aromatic nitrogens is 2. The molecule has 0 fully saturated rings.